The van der Waals surface area contributed by atoms with Crippen LogP contribution in [-0.2, 0) is 0 Å². The molecule has 0 aliphatic heterocycles. The van der Waals surface area contributed by atoms with Crippen LogP contribution < -0.4 is 0 Å². The number of hydrogen-bond donors (Lipinski definition) is 1. The zero-order valence-corrected chi connectivity index (χ0v) is 7.92. The smallest absolute Gasteiger partial charge is 0.134 e. The number of hydrogen-bond acceptors (Lipinski definition) is 2. The summed E-state index contributed by atoms with van der Waals surface area (Å²) in [5.41, 5.74) is 0.703. The Morgan fingerprint density at radius 3 is 2.67 bits per heavy atom. The lowest BCUT2D eigenvalue weighted by atomic mass is 10.0. The summed E-state index contributed by atoms with van der Waals surface area (Å²) in [6.45, 7) is 3.88. The van der Waals surface area contributed by atoms with Crippen LogP contribution in [0.5, 0.6) is 0 Å². The molecular formula is C9H12ClNO. The molecule has 0 bridgehead atoms. The van der Waals surface area contributed by atoms with Crippen molar-refractivity contribution in [3.63, 3.8) is 0 Å². The van der Waals surface area contributed by atoms with E-state index in [0.717, 1.165) is 0 Å². The number of aliphatic hydroxyl groups is 1. The average molecular weight is 186 g/mol. The van der Waals surface area contributed by atoms with Gasteiger partial charge in [0.25, 0.3) is 0 Å². The van der Waals surface area contributed by atoms with E-state index < -0.39 is 6.10 Å². The Kier molecular flexibility index (Phi) is 3.06. The number of aromatic nitrogens is 1. The van der Waals surface area contributed by atoms with Gasteiger partial charge in [-0.05, 0) is 12.0 Å². The molecule has 0 aliphatic rings. The summed E-state index contributed by atoms with van der Waals surface area (Å²) >= 11 is 5.79. The van der Waals surface area contributed by atoms with Crippen LogP contribution in [0.3, 0.4) is 0 Å². The minimum Gasteiger partial charge on any atom is -0.388 e. The van der Waals surface area contributed by atoms with Gasteiger partial charge in [0.15, 0.2) is 0 Å². The highest BCUT2D eigenvalue weighted by atomic mass is 35.5. The van der Waals surface area contributed by atoms with E-state index in [2.05, 4.69) is 4.98 Å². The van der Waals surface area contributed by atoms with E-state index in [0.29, 0.717) is 10.7 Å². The molecule has 0 aromatic carbocycles. The van der Waals surface area contributed by atoms with E-state index >= 15 is 0 Å². The number of aliphatic hydroxyl groups excluding tert-OH is 1. The summed E-state index contributed by atoms with van der Waals surface area (Å²) in [7, 11) is 0. The van der Waals surface area contributed by atoms with E-state index in [4.69, 9.17) is 11.6 Å². The largest absolute Gasteiger partial charge is 0.388 e. The van der Waals surface area contributed by atoms with Gasteiger partial charge in [-0.25, -0.2) is 4.98 Å². The Morgan fingerprint density at radius 2 is 2.17 bits per heavy atom. The van der Waals surface area contributed by atoms with Crippen molar-refractivity contribution in [2.75, 3.05) is 0 Å². The Hall–Kier alpha value is -0.600. The van der Waals surface area contributed by atoms with E-state index in [-0.39, 0.29) is 5.92 Å². The van der Waals surface area contributed by atoms with Crippen molar-refractivity contribution in [1.29, 1.82) is 0 Å². The Labute approximate surface area is 77.2 Å². The molecule has 2 nitrogen and oxygen atoms in total. The van der Waals surface area contributed by atoms with Crippen molar-refractivity contribution < 1.29 is 5.11 Å². The van der Waals surface area contributed by atoms with Crippen molar-refractivity contribution in [3.05, 3.63) is 29.0 Å². The Morgan fingerprint density at radius 1 is 1.50 bits per heavy atom. The monoisotopic (exact) mass is 185 g/mol. The van der Waals surface area contributed by atoms with Crippen LogP contribution in [-0.4, -0.2) is 10.1 Å². The first-order valence-electron chi connectivity index (χ1n) is 3.91. The maximum absolute atomic E-state index is 9.65. The van der Waals surface area contributed by atoms with Crippen LogP contribution in [0.15, 0.2) is 18.3 Å². The zero-order chi connectivity index (χ0) is 9.14. The van der Waals surface area contributed by atoms with Crippen LogP contribution in [0.2, 0.25) is 5.15 Å². The molecule has 0 spiro atoms. The molecule has 3 heteroatoms. The van der Waals surface area contributed by atoms with Gasteiger partial charge in [-0.15, -0.1) is 0 Å². The predicted octanol–water partition coefficient (Wildman–Crippen LogP) is 2.42. The fourth-order valence-corrected chi connectivity index (χ4v) is 1.21. The average Bonchev–Trinajstić information content (AvgIpc) is 2.04. The van der Waals surface area contributed by atoms with Crippen LogP contribution in [0.1, 0.15) is 25.5 Å². The first-order chi connectivity index (χ1) is 5.63. The van der Waals surface area contributed by atoms with Crippen LogP contribution in [0, 0.1) is 5.92 Å². The molecule has 0 radical (unpaired) electrons. The SMILES string of the molecule is CC(C)[C@@H](O)c1cccnc1Cl. The summed E-state index contributed by atoms with van der Waals surface area (Å²) in [4.78, 5) is 3.89. The molecule has 0 amide bonds. The lowest BCUT2D eigenvalue weighted by Gasteiger charge is -2.14. The lowest BCUT2D eigenvalue weighted by molar-refractivity contribution is 0.126. The van der Waals surface area contributed by atoms with E-state index in [1.807, 2.05) is 13.8 Å². The van der Waals surface area contributed by atoms with Crippen molar-refractivity contribution >= 4 is 11.6 Å². The van der Waals surface area contributed by atoms with Crippen LogP contribution in [0.4, 0.5) is 0 Å². The maximum Gasteiger partial charge on any atom is 0.134 e. The highest BCUT2D eigenvalue weighted by Gasteiger charge is 2.14. The standard InChI is InChI=1S/C9H12ClNO/c1-6(2)8(12)7-4-3-5-11-9(7)10/h3-6,8,12H,1-2H3/t8-/m1/s1. The summed E-state index contributed by atoms with van der Waals surface area (Å²) in [6.07, 6.45) is 1.09. The number of pyridine rings is 1. The molecule has 0 saturated heterocycles. The number of halogens is 1. The summed E-state index contributed by atoms with van der Waals surface area (Å²) in [6, 6.07) is 3.56. The molecule has 0 unspecified atom stereocenters. The van der Waals surface area contributed by atoms with Gasteiger partial charge >= 0.3 is 0 Å². The van der Waals surface area contributed by atoms with Gasteiger partial charge in [0, 0.05) is 11.8 Å². The van der Waals surface area contributed by atoms with Gasteiger partial charge in [-0.2, -0.15) is 0 Å². The van der Waals surface area contributed by atoms with E-state index in [1.165, 1.54) is 0 Å². The molecule has 0 aliphatic carbocycles. The molecule has 1 aromatic heterocycles. The Bertz CT molecular complexity index is 262. The zero-order valence-electron chi connectivity index (χ0n) is 7.16. The van der Waals surface area contributed by atoms with Crippen molar-refractivity contribution in [2.45, 2.75) is 20.0 Å². The summed E-state index contributed by atoms with van der Waals surface area (Å²) in [5, 5.41) is 10.0. The van der Waals surface area contributed by atoms with Gasteiger partial charge in [0.2, 0.25) is 0 Å². The van der Waals surface area contributed by atoms with Crippen molar-refractivity contribution in [3.8, 4) is 0 Å². The van der Waals surface area contributed by atoms with Gasteiger partial charge in [-0.3, -0.25) is 0 Å². The quantitative estimate of drug-likeness (QED) is 0.718. The molecule has 66 valence electrons. The lowest BCUT2D eigenvalue weighted by Crippen LogP contribution is -2.06. The summed E-state index contributed by atoms with van der Waals surface area (Å²) in [5.74, 6) is 0.159. The summed E-state index contributed by atoms with van der Waals surface area (Å²) < 4.78 is 0. The highest BCUT2D eigenvalue weighted by Crippen LogP contribution is 2.25. The molecule has 1 rings (SSSR count). The van der Waals surface area contributed by atoms with Crippen LogP contribution in [0.25, 0.3) is 0 Å². The second-order valence-corrected chi connectivity index (χ2v) is 3.43. The van der Waals surface area contributed by atoms with Crippen molar-refractivity contribution in [2.24, 2.45) is 5.92 Å². The third-order valence-corrected chi connectivity index (χ3v) is 2.05. The van der Waals surface area contributed by atoms with Gasteiger partial charge in [0.1, 0.15) is 5.15 Å². The molecule has 0 saturated carbocycles. The van der Waals surface area contributed by atoms with Crippen LogP contribution >= 0.6 is 11.6 Å². The Balaban J connectivity index is 2.94. The molecule has 12 heavy (non-hydrogen) atoms. The first kappa shape index (κ1) is 9.49. The van der Waals surface area contributed by atoms with E-state index in [1.54, 1.807) is 18.3 Å². The number of rotatable bonds is 2. The minimum absolute atomic E-state index is 0.159. The third-order valence-electron chi connectivity index (χ3n) is 1.74. The molecule has 1 aromatic rings. The third kappa shape index (κ3) is 1.96. The number of nitrogens with zero attached hydrogens (tertiary/aromatic N) is 1. The fraction of sp³-hybridized carbons (Fsp3) is 0.444. The molecule has 1 heterocycles. The fourth-order valence-electron chi connectivity index (χ4n) is 0.978. The molecular weight excluding hydrogens is 174 g/mol. The van der Waals surface area contributed by atoms with Gasteiger partial charge in [-0.1, -0.05) is 31.5 Å². The normalized spacial score (nSPS) is 13.4. The second-order valence-electron chi connectivity index (χ2n) is 3.07. The molecule has 0 fully saturated rings. The molecule has 1 atom stereocenters. The topological polar surface area (TPSA) is 33.1 Å². The second kappa shape index (κ2) is 3.87. The minimum atomic E-state index is -0.522. The van der Waals surface area contributed by atoms with Crippen molar-refractivity contribution in [1.82, 2.24) is 4.98 Å². The van der Waals surface area contributed by atoms with Gasteiger partial charge in [0.05, 0.1) is 6.10 Å². The van der Waals surface area contributed by atoms with E-state index in [9.17, 15) is 5.11 Å². The maximum atomic E-state index is 9.65. The molecule has 1 N–H and O–H groups in total. The highest BCUT2D eigenvalue weighted by molar-refractivity contribution is 6.30. The van der Waals surface area contributed by atoms with Gasteiger partial charge < -0.3 is 5.11 Å². The first-order valence-corrected chi connectivity index (χ1v) is 4.29. The predicted molar refractivity (Wildman–Crippen MR) is 49.0 cm³/mol.